The predicted molar refractivity (Wildman–Crippen MR) is 51.8 cm³/mol. The van der Waals surface area contributed by atoms with Crippen LogP contribution >= 0.6 is 0 Å². The van der Waals surface area contributed by atoms with Gasteiger partial charge in [0.15, 0.2) is 5.82 Å². The molecule has 3 N–H and O–H groups in total. The Bertz CT molecular complexity index is 398. The van der Waals surface area contributed by atoms with Crippen molar-refractivity contribution in [3.05, 3.63) is 30.7 Å². The molecule has 0 aliphatic heterocycles. The molecule has 70 valence electrons. The third-order valence-corrected chi connectivity index (χ3v) is 1.50. The van der Waals surface area contributed by atoms with Gasteiger partial charge in [-0.3, -0.25) is 4.98 Å². The van der Waals surface area contributed by atoms with E-state index in [2.05, 4.69) is 25.5 Å². The van der Waals surface area contributed by atoms with Crippen LogP contribution < -0.4 is 11.1 Å². The molecule has 2 heterocycles. The van der Waals surface area contributed by atoms with Gasteiger partial charge in [-0.25, -0.2) is 4.98 Å². The highest BCUT2D eigenvalue weighted by Gasteiger charge is 1.96. The Morgan fingerprint density at radius 3 is 2.64 bits per heavy atom. The maximum atomic E-state index is 5.39. The number of nitrogen functional groups attached to an aromatic ring is 1. The number of hydrogen-bond acceptors (Lipinski definition) is 6. The fourth-order valence-electron chi connectivity index (χ4n) is 0.904. The van der Waals surface area contributed by atoms with Crippen molar-refractivity contribution in [3.8, 4) is 0 Å². The standard InChI is InChI=1S/C8H8N6/c9-6-1-2-7(14-13-6)12-8-5-10-3-4-11-8/h1-5H,(H2,9,13)(H,11,12,14). The number of nitrogens with one attached hydrogen (secondary N) is 1. The van der Waals surface area contributed by atoms with Crippen LogP contribution in [0.5, 0.6) is 0 Å². The van der Waals surface area contributed by atoms with E-state index in [4.69, 9.17) is 5.73 Å². The van der Waals surface area contributed by atoms with Crippen molar-refractivity contribution in [2.24, 2.45) is 0 Å². The first-order chi connectivity index (χ1) is 6.84. The molecular weight excluding hydrogens is 180 g/mol. The second-order valence-electron chi connectivity index (χ2n) is 2.56. The molecule has 0 atom stereocenters. The lowest BCUT2D eigenvalue weighted by Gasteiger charge is -2.01. The van der Waals surface area contributed by atoms with Gasteiger partial charge >= 0.3 is 0 Å². The van der Waals surface area contributed by atoms with E-state index in [1.54, 1.807) is 30.7 Å². The molecule has 0 aromatic carbocycles. The first-order valence-electron chi connectivity index (χ1n) is 3.97. The van der Waals surface area contributed by atoms with Crippen LogP contribution in [0.25, 0.3) is 0 Å². The van der Waals surface area contributed by atoms with Crippen molar-refractivity contribution in [1.82, 2.24) is 20.2 Å². The van der Waals surface area contributed by atoms with Crippen molar-refractivity contribution >= 4 is 17.5 Å². The van der Waals surface area contributed by atoms with Crippen molar-refractivity contribution in [2.75, 3.05) is 11.1 Å². The summed E-state index contributed by atoms with van der Waals surface area (Å²) < 4.78 is 0. The van der Waals surface area contributed by atoms with Gasteiger partial charge in [0.1, 0.15) is 11.6 Å². The molecule has 0 amide bonds. The van der Waals surface area contributed by atoms with Gasteiger partial charge in [0.25, 0.3) is 0 Å². The summed E-state index contributed by atoms with van der Waals surface area (Å²) in [6.07, 6.45) is 4.78. The SMILES string of the molecule is Nc1ccc(Nc2cnccn2)nn1. The molecule has 0 aliphatic carbocycles. The summed E-state index contributed by atoms with van der Waals surface area (Å²) in [5.74, 6) is 1.58. The zero-order valence-electron chi connectivity index (χ0n) is 7.25. The highest BCUT2D eigenvalue weighted by atomic mass is 15.2. The van der Waals surface area contributed by atoms with E-state index < -0.39 is 0 Å². The van der Waals surface area contributed by atoms with Gasteiger partial charge in [-0.2, -0.15) is 0 Å². The third kappa shape index (κ3) is 1.92. The quantitative estimate of drug-likeness (QED) is 0.717. The minimum Gasteiger partial charge on any atom is -0.382 e. The second kappa shape index (κ2) is 3.65. The van der Waals surface area contributed by atoms with Crippen molar-refractivity contribution < 1.29 is 0 Å². The lowest BCUT2D eigenvalue weighted by Crippen LogP contribution is -1.99. The third-order valence-electron chi connectivity index (χ3n) is 1.50. The van der Waals surface area contributed by atoms with E-state index in [1.165, 1.54) is 0 Å². The normalized spacial score (nSPS) is 9.71. The molecule has 0 saturated heterocycles. The zero-order valence-corrected chi connectivity index (χ0v) is 7.25. The number of rotatable bonds is 2. The van der Waals surface area contributed by atoms with Crippen LogP contribution in [-0.2, 0) is 0 Å². The fourth-order valence-corrected chi connectivity index (χ4v) is 0.904. The molecule has 0 radical (unpaired) electrons. The van der Waals surface area contributed by atoms with Gasteiger partial charge in [0.2, 0.25) is 0 Å². The number of nitrogens with zero attached hydrogens (tertiary/aromatic N) is 4. The molecule has 2 aromatic heterocycles. The summed E-state index contributed by atoms with van der Waals surface area (Å²) in [7, 11) is 0. The molecule has 0 saturated carbocycles. The molecule has 0 aliphatic rings. The number of aromatic nitrogens is 4. The summed E-state index contributed by atoms with van der Waals surface area (Å²) in [6, 6.07) is 3.38. The first kappa shape index (κ1) is 8.36. The van der Waals surface area contributed by atoms with Gasteiger partial charge in [-0.05, 0) is 12.1 Å². The average Bonchev–Trinajstić information content (AvgIpc) is 2.23. The van der Waals surface area contributed by atoms with Crippen LogP contribution in [0.4, 0.5) is 17.5 Å². The Morgan fingerprint density at radius 2 is 2.00 bits per heavy atom. The van der Waals surface area contributed by atoms with Crippen LogP contribution in [0.2, 0.25) is 0 Å². The summed E-state index contributed by atoms with van der Waals surface area (Å²) in [6.45, 7) is 0. The average molecular weight is 188 g/mol. The molecular formula is C8H8N6. The molecule has 2 aromatic rings. The van der Waals surface area contributed by atoms with E-state index in [0.717, 1.165) is 0 Å². The van der Waals surface area contributed by atoms with Crippen molar-refractivity contribution in [3.63, 3.8) is 0 Å². The second-order valence-corrected chi connectivity index (χ2v) is 2.56. The maximum absolute atomic E-state index is 5.39. The Morgan fingerprint density at radius 1 is 1.07 bits per heavy atom. The highest BCUT2D eigenvalue weighted by Crippen LogP contribution is 2.08. The molecule has 14 heavy (non-hydrogen) atoms. The highest BCUT2D eigenvalue weighted by molar-refractivity contribution is 5.50. The number of anilines is 3. The number of hydrogen-bond donors (Lipinski definition) is 2. The molecule has 6 heteroatoms. The zero-order chi connectivity index (χ0) is 9.80. The fraction of sp³-hybridized carbons (Fsp3) is 0. The molecule has 0 fully saturated rings. The Kier molecular flexibility index (Phi) is 2.18. The van der Waals surface area contributed by atoms with E-state index in [0.29, 0.717) is 17.5 Å². The summed E-state index contributed by atoms with van der Waals surface area (Å²) in [5.41, 5.74) is 5.39. The van der Waals surface area contributed by atoms with E-state index in [1.807, 2.05) is 0 Å². The lowest BCUT2D eigenvalue weighted by molar-refractivity contribution is 1.04. The Hall–Kier alpha value is -2.24. The topological polar surface area (TPSA) is 89.6 Å². The summed E-state index contributed by atoms with van der Waals surface area (Å²) in [4.78, 5) is 7.92. The van der Waals surface area contributed by atoms with Crippen LogP contribution in [-0.4, -0.2) is 20.2 Å². The van der Waals surface area contributed by atoms with Crippen LogP contribution in [0.15, 0.2) is 30.7 Å². The van der Waals surface area contributed by atoms with Crippen LogP contribution in [0, 0.1) is 0 Å². The minimum absolute atomic E-state index is 0.384. The van der Waals surface area contributed by atoms with Gasteiger partial charge in [0.05, 0.1) is 6.20 Å². The van der Waals surface area contributed by atoms with Crippen molar-refractivity contribution in [2.45, 2.75) is 0 Å². The first-order valence-corrected chi connectivity index (χ1v) is 3.97. The Balaban J connectivity index is 2.16. The molecule has 0 spiro atoms. The van der Waals surface area contributed by atoms with Gasteiger partial charge in [0, 0.05) is 12.4 Å². The smallest absolute Gasteiger partial charge is 0.154 e. The molecule has 0 bridgehead atoms. The van der Waals surface area contributed by atoms with E-state index in [9.17, 15) is 0 Å². The lowest BCUT2D eigenvalue weighted by atomic mass is 10.5. The van der Waals surface area contributed by atoms with E-state index >= 15 is 0 Å². The minimum atomic E-state index is 0.384. The van der Waals surface area contributed by atoms with Crippen molar-refractivity contribution in [1.29, 1.82) is 0 Å². The van der Waals surface area contributed by atoms with Crippen LogP contribution in [0.1, 0.15) is 0 Å². The summed E-state index contributed by atoms with van der Waals surface area (Å²) >= 11 is 0. The van der Waals surface area contributed by atoms with Gasteiger partial charge in [-0.1, -0.05) is 0 Å². The maximum Gasteiger partial charge on any atom is 0.154 e. The van der Waals surface area contributed by atoms with E-state index in [-0.39, 0.29) is 0 Å². The monoisotopic (exact) mass is 188 g/mol. The van der Waals surface area contributed by atoms with Gasteiger partial charge in [-0.15, -0.1) is 10.2 Å². The number of nitrogens with two attached hydrogens (primary N) is 1. The molecule has 6 nitrogen and oxygen atoms in total. The Labute approximate surface area is 80.2 Å². The molecule has 2 rings (SSSR count). The predicted octanol–water partition coefficient (Wildman–Crippen LogP) is 0.592. The van der Waals surface area contributed by atoms with Crippen LogP contribution in [0.3, 0.4) is 0 Å². The summed E-state index contributed by atoms with van der Waals surface area (Å²) in [5, 5.41) is 10.4. The largest absolute Gasteiger partial charge is 0.382 e. The molecule has 0 unspecified atom stereocenters. The van der Waals surface area contributed by atoms with Gasteiger partial charge < -0.3 is 11.1 Å².